The molecule has 0 amide bonds. The number of rotatable bonds is 4. The molecule has 0 spiro atoms. The number of nitro groups is 1. The van der Waals surface area contributed by atoms with E-state index < -0.39 is 0 Å². The fourth-order valence-electron chi connectivity index (χ4n) is 2.00. The molecule has 0 radical (unpaired) electrons. The monoisotopic (exact) mass is 252 g/mol. The lowest BCUT2D eigenvalue weighted by molar-refractivity contribution is -0.384. The molecule has 1 aliphatic heterocycles. The number of non-ortho nitro benzene ring substituents is 1. The summed E-state index contributed by atoms with van der Waals surface area (Å²) < 4.78 is 0. The van der Waals surface area contributed by atoms with Crippen molar-refractivity contribution in [3.63, 3.8) is 0 Å². The summed E-state index contributed by atoms with van der Waals surface area (Å²) in [7, 11) is 0. The van der Waals surface area contributed by atoms with E-state index in [9.17, 15) is 10.1 Å². The number of thioether (sulfide) groups is 1. The Kier molecular flexibility index (Phi) is 4.02. The van der Waals surface area contributed by atoms with Gasteiger partial charge < -0.3 is 5.32 Å². The predicted molar refractivity (Wildman–Crippen MR) is 70.3 cm³/mol. The first-order valence-corrected chi connectivity index (χ1v) is 6.78. The fourth-order valence-corrected chi connectivity index (χ4v) is 3.18. The van der Waals surface area contributed by atoms with Gasteiger partial charge in [-0.2, -0.15) is 11.8 Å². The highest BCUT2D eigenvalue weighted by atomic mass is 32.2. The van der Waals surface area contributed by atoms with Crippen molar-refractivity contribution >= 4 is 17.4 Å². The molecule has 0 bridgehead atoms. The molecular weight excluding hydrogens is 236 g/mol. The van der Waals surface area contributed by atoms with Crippen LogP contribution >= 0.6 is 11.8 Å². The van der Waals surface area contributed by atoms with Crippen LogP contribution < -0.4 is 5.32 Å². The zero-order valence-corrected chi connectivity index (χ0v) is 10.6. The molecular formula is C12H16N2O2S. The molecule has 1 aliphatic rings. The van der Waals surface area contributed by atoms with Crippen molar-refractivity contribution < 1.29 is 4.92 Å². The highest BCUT2D eigenvalue weighted by molar-refractivity contribution is 8.00. The van der Waals surface area contributed by atoms with Gasteiger partial charge in [0.25, 0.3) is 5.69 Å². The van der Waals surface area contributed by atoms with Crippen molar-refractivity contribution in [1.29, 1.82) is 0 Å². The molecule has 17 heavy (non-hydrogen) atoms. The van der Waals surface area contributed by atoms with Crippen LogP contribution in [0.2, 0.25) is 0 Å². The van der Waals surface area contributed by atoms with Gasteiger partial charge in [-0.15, -0.1) is 0 Å². The molecule has 1 aromatic carbocycles. The summed E-state index contributed by atoms with van der Waals surface area (Å²) in [6, 6.07) is 7.36. The minimum absolute atomic E-state index is 0.165. The Labute approximate surface area is 105 Å². The van der Waals surface area contributed by atoms with Crippen LogP contribution in [0, 0.1) is 10.1 Å². The summed E-state index contributed by atoms with van der Waals surface area (Å²) in [5.74, 6) is 1.14. The van der Waals surface area contributed by atoms with E-state index in [-0.39, 0.29) is 10.6 Å². The average molecular weight is 252 g/mol. The lowest BCUT2D eigenvalue weighted by Gasteiger charge is -2.11. The molecule has 1 saturated heterocycles. The van der Waals surface area contributed by atoms with Crippen molar-refractivity contribution in [3.8, 4) is 0 Å². The molecule has 0 aromatic heterocycles. The topological polar surface area (TPSA) is 55.2 Å². The van der Waals surface area contributed by atoms with Crippen LogP contribution in [0.15, 0.2) is 24.3 Å². The summed E-state index contributed by atoms with van der Waals surface area (Å²) in [6.45, 7) is 2.94. The zero-order valence-electron chi connectivity index (χ0n) is 9.76. The van der Waals surface area contributed by atoms with Crippen LogP contribution in [-0.4, -0.2) is 22.0 Å². The molecule has 1 fully saturated rings. The van der Waals surface area contributed by atoms with E-state index in [0.717, 1.165) is 16.6 Å². The first-order valence-electron chi connectivity index (χ1n) is 5.73. The van der Waals surface area contributed by atoms with Gasteiger partial charge in [0.1, 0.15) is 0 Å². The van der Waals surface area contributed by atoms with E-state index in [1.807, 2.05) is 17.8 Å². The largest absolute Gasteiger partial charge is 0.309 e. The molecule has 2 atom stereocenters. The summed E-state index contributed by atoms with van der Waals surface area (Å²) in [5, 5.41) is 14.8. The van der Waals surface area contributed by atoms with Gasteiger partial charge in [-0.1, -0.05) is 19.1 Å². The fraction of sp³-hybridized carbons (Fsp3) is 0.500. The normalized spacial score (nSPS) is 23.8. The molecule has 4 nitrogen and oxygen atoms in total. The summed E-state index contributed by atoms with van der Waals surface area (Å²) in [6.07, 6.45) is 1.18. The number of nitrogens with one attached hydrogen (secondary N) is 1. The molecule has 1 N–H and O–H groups in total. The SMILES string of the molecule is CC1CC(NCc2cccc([N+](=O)[O-])c2)CS1. The third-order valence-electron chi connectivity index (χ3n) is 2.91. The van der Waals surface area contributed by atoms with Crippen LogP contribution in [0.4, 0.5) is 5.69 Å². The van der Waals surface area contributed by atoms with Crippen LogP contribution in [-0.2, 0) is 6.54 Å². The zero-order chi connectivity index (χ0) is 12.3. The Morgan fingerprint density at radius 1 is 1.59 bits per heavy atom. The van der Waals surface area contributed by atoms with Crippen molar-refractivity contribution in [2.75, 3.05) is 5.75 Å². The van der Waals surface area contributed by atoms with E-state index in [4.69, 9.17) is 0 Å². The standard InChI is InChI=1S/C12H16N2O2S/c1-9-5-11(8-17-9)13-7-10-3-2-4-12(6-10)14(15)16/h2-4,6,9,11,13H,5,7-8H2,1H3. The van der Waals surface area contributed by atoms with E-state index >= 15 is 0 Å². The van der Waals surface area contributed by atoms with E-state index in [2.05, 4.69) is 12.2 Å². The first kappa shape index (κ1) is 12.4. The maximum atomic E-state index is 10.6. The van der Waals surface area contributed by atoms with Crippen LogP contribution in [0.1, 0.15) is 18.9 Å². The first-order chi connectivity index (χ1) is 8.15. The van der Waals surface area contributed by atoms with Gasteiger partial charge in [-0.25, -0.2) is 0 Å². The van der Waals surface area contributed by atoms with Crippen molar-refractivity contribution in [2.45, 2.75) is 31.2 Å². The highest BCUT2D eigenvalue weighted by Gasteiger charge is 2.21. The van der Waals surface area contributed by atoms with Gasteiger partial charge >= 0.3 is 0 Å². The van der Waals surface area contributed by atoms with E-state index in [0.29, 0.717) is 12.6 Å². The smallest absolute Gasteiger partial charge is 0.269 e. The van der Waals surface area contributed by atoms with Gasteiger partial charge in [0.05, 0.1) is 4.92 Å². The van der Waals surface area contributed by atoms with Gasteiger partial charge in [0, 0.05) is 35.7 Å². The number of hydrogen-bond donors (Lipinski definition) is 1. The van der Waals surface area contributed by atoms with E-state index in [1.54, 1.807) is 12.1 Å². The summed E-state index contributed by atoms with van der Waals surface area (Å²) in [5.41, 5.74) is 1.14. The van der Waals surface area contributed by atoms with Crippen molar-refractivity contribution in [1.82, 2.24) is 5.32 Å². The van der Waals surface area contributed by atoms with Gasteiger partial charge in [0.2, 0.25) is 0 Å². The highest BCUT2D eigenvalue weighted by Crippen LogP contribution is 2.26. The second kappa shape index (κ2) is 5.51. The molecule has 92 valence electrons. The second-order valence-electron chi connectivity index (χ2n) is 4.38. The molecule has 0 saturated carbocycles. The lowest BCUT2D eigenvalue weighted by atomic mass is 10.1. The number of hydrogen-bond acceptors (Lipinski definition) is 4. The Balaban J connectivity index is 1.90. The molecule has 2 unspecified atom stereocenters. The second-order valence-corrected chi connectivity index (χ2v) is 5.86. The Morgan fingerprint density at radius 3 is 3.06 bits per heavy atom. The molecule has 1 aromatic rings. The summed E-state index contributed by atoms with van der Waals surface area (Å²) >= 11 is 1.98. The number of benzene rings is 1. The third kappa shape index (κ3) is 3.44. The Morgan fingerprint density at radius 2 is 2.41 bits per heavy atom. The molecule has 5 heteroatoms. The predicted octanol–water partition coefficient (Wildman–Crippen LogP) is 2.58. The quantitative estimate of drug-likeness (QED) is 0.661. The maximum absolute atomic E-state index is 10.6. The van der Waals surface area contributed by atoms with Crippen LogP contribution in [0.5, 0.6) is 0 Å². The molecule has 2 rings (SSSR count). The van der Waals surface area contributed by atoms with Gasteiger partial charge in [0.15, 0.2) is 0 Å². The minimum atomic E-state index is -0.350. The maximum Gasteiger partial charge on any atom is 0.269 e. The average Bonchev–Trinajstić information content (AvgIpc) is 2.73. The minimum Gasteiger partial charge on any atom is -0.309 e. The number of nitrogens with zero attached hydrogens (tertiary/aromatic N) is 1. The summed E-state index contributed by atoms with van der Waals surface area (Å²) in [4.78, 5) is 10.3. The van der Waals surface area contributed by atoms with Gasteiger partial charge in [-0.05, 0) is 12.0 Å². The van der Waals surface area contributed by atoms with Crippen molar-refractivity contribution in [2.24, 2.45) is 0 Å². The third-order valence-corrected chi connectivity index (χ3v) is 4.27. The molecule has 0 aliphatic carbocycles. The number of nitro benzene ring substituents is 1. The lowest BCUT2D eigenvalue weighted by Crippen LogP contribution is -2.28. The Bertz CT molecular complexity index is 411. The van der Waals surface area contributed by atoms with Gasteiger partial charge in [-0.3, -0.25) is 10.1 Å². The van der Waals surface area contributed by atoms with Crippen molar-refractivity contribution in [3.05, 3.63) is 39.9 Å². The van der Waals surface area contributed by atoms with E-state index in [1.165, 1.54) is 12.5 Å². The van der Waals surface area contributed by atoms with Crippen LogP contribution in [0.25, 0.3) is 0 Å². The van der Waals surface area contributed by atoms with Crippen LogP contribution in [0.3, 0.4) is 0 Å². The molecule has 1 heterocycles. The Hall–Kier alpha value is -1.07.